The summed E-state index contributed by atoms with van der Waals surface area (Å²) in [6.07, 6.45) is 5.31. The maximum atomic E-state index is 4.60. The monoisotopic (exact) mass is 241 g/mol. The molecule has 0 spiro atoms. The fourth-order valence-electron chi connectivity index (χ4n) is 1.88. The molecule has 3 heterocycles. The Morgan fingerprint density at radius 2 is 2.00 bits per heavy atom. The lowest BCUT2D eigenvalue weighted by Crippen LogP contribution is -1.89. The van der Waals surface area contributed by atoms with E-state index in [1.54, 1.807) is 23.7 Å². The minimum atomic E-state index is 0.841. The fraction of sp³-hybridized carbons (Fsp3) is 0.154. The summed E-state index contributed by atoms with van der Waals surface area (Å²) in [5.41, 5.74) is 3.82. The highest BCUT2D eigenvalue weighted by molar-refractivity contribution is 7.12. The second-order valence-electron chi connectivity index (χ2n) is 3.95. The predicted molar refractivity (Wildman–Crippen MR) is 70.1 cm³/mol. The van der Waals surface area contributed by atoms with E-state index >= 15 is 0 Å². The molecule has 3 nitrogen and oxygen atoms in total. The van der Waals surface area contributed by atoms with Gasteiger partial charge in [0.05, 0.1) is 23.6 Å². The highest BCUT2D eigenvalue weighted by Crippen LogP contribution is 2.29. The van der Waals surface area contributed by atoms with Gasteiger partial charge in [-0.3, -0.25) is 9.97 Å². The summed E-state index contributed by atoms with van der Waals surface area (Å²) in [5.74, 6) is 0. The van der Waals surface area contributed by atoms with Crippen molar-refractivity contribution >= 4 is 22.4 Å². The lowest BCUT2D eigenvalue weighted by atomic mass is 10.2. The van der Waals surface area contributed by atoms with E-state index < -0.39 is 0 Å². The van der Waals surface area contributed by atoms with Crippen LogP contribution in [0.1, 0.15) is 9.75 Å². The summed E-state index contributed by atoms with van der Waals surface area (Å²) in [5, 5.41) is 0. The van der Waals surface area contributed by atoms with Crippen molar-refractivity contribution in [2.45, 2.75) is 13.8 Å². The summed E-state index contributed by atoms with van der Waals surface area (Å²) in [6, 6.07) is 4.03. The topological polar surface area (TPSA) is 38.7 Å². The van der Waals surface area contributed by atoms with Crippen LogP contribution in [0.3, 0.4) is 0 Å². The van der Waals surface area contributed by atoms with Crippen LogP contribution in [0.5, 0.6) is 0 Å². The SMILES string of the molecule is Cc1cc(-c2cnc3ccncc3n2)c(C)s1. The molecule has 0 bridgehead atoms. The Balaban J connectivity index is 2.21. The lowest BCUT2D eigenvalue weighted by molar-refractivity contribution is 1.25. The first-order chi connectivity index (χ1) is 8.24. The molecule has 4 heteroatoms. The Labute approximate surface area is 103 Å². The highest BCUT2D eigenvalue weighted by Gasteiger charge is 2.08. The van der Waals surface area contributed by atoms with Crippen LogP contribution in [0.15, 0.2) is 30.7 Å². The number of fused-ring (bicyclic) bond motifs is 1. The summed E-state index contributed by atoms with van der Waals surface area (Å²) in [7, 11) is 0. The van der Waals surface area contributed by atoms with Crippen molar-refractivity contribution in [2.75, 3.05) is 0 Å². The molecule has 17 heavy (non-hydrogen) atoms. The number of nitrogens with zero attached hydrogens (tertiary/aromatic N) is 3. The third-order valence-electron chi connectivity index (χ3n) is 2.66. The molecule has 0 unspecified atom stereocenters. The largest absolute Gasteiger partial charge is 0.262 e. The van der Waals surface area contributed by atoms with Crippen LogP contribution in [-0.4, -0.2) is 15.0 Å². The van der Waals surface area contributed by atoms with Gasteiger partial charge >= 0.3 is 0 Å². The molecule has 84 valence electrons. The quantitative estimate of drug-likeness (QED) is 0.655. The van der Waals surface area contributed by atoms with Crippen molar-refractivity contribution in [3.63, 3.8) is 0 Å². The van der Waals surface area contributed by atoms with Gasteiger partial charge in [-0.2, -0.15) is 0 Å². The summed E-state index contributed by atoms with van der Waals surface area (Å²) in [4.78, 5) is 15.7. The number of aromatic nitrogens is 3. The molecule has 0 N–H and O–H groups in total. The molecule has 3 aromatic heterocycles. The average molecular weight is 241 g/mol. The van der Waals surface area contributed by atoms with Gasteiger partial charge < -0.3 is 0 Å². The van der Waals surface area contributed by atoms with E-state index in [9.17, 15) is 0 Å². The van der Waals surface area contributed by atoms with Gasteiger partial charge in [0.2, 0.25) is 0 Å². The maximum Gasteiger partial charge on any atom is 0.108 e. The zero-order valence-corrected chi connectivity index (χ0v) is 10.5. The van der Waals surface area contributed by atoms with E-state index in [2.05, 4.69) is 34.9 Å². The first kappa shape index (κ1) is 10.4. The molecular formula is C13H11N3S. The van der Waals surface area contributed by atoms with E-state index in [4.69, 9.17) is 0 Å². The Kier molecular flexibility index (Phi) is 2.37. The van der Waals surface area contributed by atoms with Crippen LogP contribution in [0.4, 0.5) is 0 Å². The summed E-state index contributed by atoms with van der Waals surface area (Å²) >= 11 is 1.79. The second kappa shape index (κ2) is 3.89. The number of pyridine rings is 1. The third-order valence-corrected chi connectivity index (χ3v) is 3.63. The smallest absolute Gasteiger partial charge is 0.108 e. The van der Waals surface area contributed by atoms with Crippen LogP contribution >= 0.6 is 11.3 Å². The van der Waals surface area contributed by atoms with Crippen LogP contribution in [-0.2, 0) is 0 Å². The van der Waals surface area contributed by atoms with E-state index in [1.165, 1.54) is 15.3 Å². The van der Waals surface area contributed by atoms with Gasteiger partial charge in [0.1, 0.15) is 5.52 Å². The zero-order chi connectivity index (χ0) is 11.8. The first-order valence-corrected chi connectivity index (χ1v) is 6.20. The van der Waals surface area contributed by atoms with Gasteiger partial charge in [-0.25, -0.2) is 4.98 Å². The number of hydrogen-bond donors (Lipinski definition) is 0. The van der Waals surface area contributed by atoms with Crippen molar-refractivity contribution in [3.8, 4) is 11.3 Å². The zero-order valence-electron chi connectivity index (χ0n) is 9.64. The van der Waals surface area contributed by atoms with Crippen molar-refractivity contribution in [3.05, 3.63) is 40.5 Å². The molecule has 0 aliphatic heterocycles. The number of hydrogen-bond acceptors (Lipinski definition) is 4. The number of thiophene rings is 1. The minimum absolute atomic E-state index is 0.841. The van der Waals surface area contributed by atoms with Crippen molar-refractivity contribution in [1.82, 2.24) is 15.0 Å². The molecule has 0 aliphatic carbocycles. The molecule has 3 rings (SSSR count). The first-order valence-electron chi connectivity index (χ1n) is 5.38. The Morgan fingerprint density at radius 3 is 2.76 bits per heavy atom. The molecule has 0 radical (unpaired) electrons. The van der Waals surface area contributed by atoms with Crippen LogP contribution in [0, 0.1) is 13.8 Å². The summed E-state index contributed by atoms with van der Waals surface area (Å²) in [6.45, 7) is 4.22. The Hall–Kier alpha value is -1.81. The molecule has 0 atom stereocenters. The van der Waals surface area contributed by atoms with Gasteiger partial charge in [-0.05, 0) is 26.0 Å². The van der Waals surface area contributed by atoms with Crippen LogP contribution in [0.25, 0.3) is 22.3 Å². The van der Waals surface area contributed by atoms with E-state index in [1.807, 2.05) is 12.3 Å². The van der Waals surface area contributed by atoms with E-state index in [-0.39, 0.29) is 0 Å². The maximum absolute atomic E-state index is 4.60. The van der Waals surface area contributed by atoms with Crippen LogP contribution in [0.2, 0.25) is 0 Å². The Bertz CT molecular complexity index is 688. The molecule has 0 fully saturated rings. The molecule has 0 aromatic carbocycles. The summed E-state index contributed by atoms with van der Waals surface area (Å²) < 4.78 is 0. The lowest BCUT2D eigenvalue weighted by Gasteiger charge is -2.00. The highest BCUT2D eigenvalue weighted by atomic mass is 32.1. The molecule has 3 aromatic rings. The van der Waals surface area contributed by atoms with Gasteiger partial charge in [0, 0.05) is 21.5 Å². The number of aryl methyl sites for hydroxylation is 2. The minimum Gasteiger partial charge on any atom is -0.262 e. The number of rotatable bonds is 1. The molecule has 0 saturated carbocycles. The second-order valence-corrected chi connectivity index (χ2v) is 5.41. The van der Waals surface area contributed by atoms with Crippen molar-refractivity contribution in [2.24, 2.45) is 0 Å². The molecule has 0 saturated heterocycles. The van der Waals surface area contributed by atoms with Gasteiger partial charge in [0.15, 0.2) is 0 Å². The van der Waals surface area contributed by atoms with Gasteiger partial charge in [-0.1, -0.05) is 0 Å². The molecule has 0 aliphatic rings. The van der Waals surface area contributed by atoms with Crippen molar-refractivity contribution in [1.29, 1.82) is 0 Å². The normalized spacial score (nSPS) is 10.9. The van der Waals surface area contributed by atoms with E-state index in [0.717, 1.165) is 16.7 Å². The average Bonchev–Trinajstić information content (AvgIpc) is 2.68. The van der Waals surface area contributed by atoms with Crippen LogP contribution < -0.4 is 0 Å². The molecule has 0 amide bonds. The Morgan fingerprint density at radius 1 is 1.12 bits per heavy atom. The van der Waals surface area contributed by atoms with Crippen molar-refractivity contribution < 1.29 is 0 Å². The van der Waals surface area contributed by atoms with E-state index in [0.29, 0.717) is 0 Å². The fourth-order valence-corrected chi connectivity index (χ4v) is 2.81. The van der Waals surface area contributed by atoms with Gasteiger partial charge in [-0.15, -0.1) is 11.3 Å². The third kappa shape index (κ3) is 1.80. The molecular weight excluding hydrogens is 230 g/mol. The standard InChI is InChI=1S/C13H11N3S/c1-8-5-10(9(2)17-8)12-7-15-11-3-4-14-6-13(11)16-12/h3-7H,1-2H3. The van der Waals surface area contributed by atoms with Gasteiger partial charge in [0.25, 0.3) is 0 Å². The predicted octanol–water partition coefficient (Wildman–Crippen LogP) is 3.37.